The monoisotopic (exact) mass is 445 g/mol. The van der Waals surface area contributed by atoms with Crippen molar-refractivity contribution in [1.82, 2.24) is 4.72 Å². The van der Waals surface area contributed by atoms with Crippen molar-refractivity contribution in [2.75, 3.05) is 31.7 Å². The van der Waals surface area contributed by atoms with Crippen molar-refractivity contribution in [3.8, 4) is 6.07 Å². The number of hydrogen-bond donors (Lipinski definition) is 4. The van der Waals surface area contributed by atoms with Crippen molar-refractivity contribution in [1.29, 1.82) is 5.26 Å². The summed E-state index contributed by atoms with van der Waals surface area (Å²) >= 11 is 1.14. The molecule has 4 N–H and O–H groups in total. The summed E-state index contributed by atoms with van der Waals surface area (Å²) in [5.41, 5.74) is 2.14. The van der Waals surface area contributed by atoms with Crippen molar-refractivity contribution in [2.24, 2.45) is 0 Å². The van der Waals surface area contributed by atoms with E-state index < -0.39 is 18.4 Å². The summed E-state index contributed by atoms with van der Waals surface area (Å²) in [7, 11) is 1.00. The Kier molecular flexibility index (Phi) is 10.3. The zero-order valence-corrected chi connectivity index (χ0v) is 19.0. The summed E-state index contributed by atoms with van der Waals surface area (Å²) in [5, 5.41) is 38.3. The lowest BCUT2D eigenvalue weighted by Crippen LogP contribution is -2.46. The minimum Gasteiger partial charge on any atom is -0.400 e. The minimum atomic E-state index is -0.994. The van der Waals surface area contributed by atoms with E-state index in [4.69, 9.17) is 9.84 Å². The average Bonchev–Trinajstić information content (AvgIpc) is 2.80. The number of benzene rings is 2. The molecule has 0 bridgehead atoms. The lowest BCUT2D eigenvalue weighted by atomic mass is 10.1. The number of anilines is 1. The van der Waals surface area contributed by atoms with Gasteiger partial charge >= 0.3 is 0 Å². The molecule has 7 nitrogen and oxygen atoms in total. The molecule has 1 saturated heterocycles. The third kappa shape index (κ3) is 6.94. The fourth-order valence-electron chi connectivity index (χ4n) is 3.41. The first kappa shape index (κ1) is 25.1. The number of aliphatic hydroxyl groups excluding tert-OH is 3. The van der Waals surface area contributed by atoms with Gasteiger partial charge in [-0.25, -0.2) is 0 Å². The van der Waals surface area contributed by atoms with Gasteiger partial charge in [-0.15, -0.1) is 0 Å². The summed E-state index contributed by atoms with van der Waals surface area (Å²) in [4.78, 5) is 2.78. The van der Waals surface area contributed by atoms with Gasteiger partial charge in [-0.2, -0.15) is 5.26 Å². The maximum absolute atomic E-state index is 9.86. The molecule has 3 rings (SSSR count). The van der Waals surface area contributed by atoms with E-state index in [-0.39, 0.29) is 6.61 Å². The highest BCUT2D eigenvalue weighted by Gasteiger charge is 2.29. The van der Waals surface area contributed by atoms with Gasteiger partial charge in [0.25, 0.3) is 0 Å². The fourth-order valence-corrected chi connectivity index (χ4v) is 4.14. The molecule has 1 heterocycles. The predicted octanol–water partition coefficient (Wildman–Crippen LogP) is 2.86. The normalized spacial score (nSPS) is 21.2. The number of rotatable bonds is 7. The Morgan fingerprint density at radius 2 is 1.87 bits per heavy atom. The highest BCUT2D eigenvalue weighted by molar-refractivity contribution is 8.01. The first-order valence-corrected chi connectivity index (χ1v) is 11.1. The number of allylic oxidation sites excluding steroid dienone is 1. The first-order valence-electron chi connectivity index (χ1n) is 10.3. The van der Waals surface area contributed by atoms with Crippen molar-refractivity contribution in [3.63, 3.8) is 0 Å². The number of aliphatic hydroxyl groups is 3. The summed E-state index contributed by atoms with van der Waals surface area (Å²) < 4.78 is 8.13. The molecule has 8 heteroatoms. The van der Waals surface area contributed by atoms with E-state index in [1.54, 1.807) is 0 Å². The molecular weight excluding hydrogens is 414 g/mol. The Morgan fingerprint density at radius 3 is 2.55 bits per heavy atom. The minimum absolute atomic E-state index is 0.123. The van der Waals surface area contributed by atoms with Gasteiger partial charge in [0.2, 0.25) is 0 Å². The third-order valence-corrected chi connectivity index (χ3v) is 5.88. The molecule has 1 aliphatic rings. The van der Waals surface area contributed by atoms with Crippen LogP contribution in [0.15, 0.2) is 41.3 Å². The van der Waals surface area contributed by atoms with E-state index in [1.165, 1.54) is 5.69 Å². The molecule has 3 unspecified atom stereocenters. The van der Waals surface area contributed by atoms with Crippen LogP contribution in [0.3, 0.4) is 0 Å². The van der Waals surface area contributed by atoms with Crippen molar-refractivity contribution < 1.29 is 20.1 Å². The molecule has 1 fully saturated rings. The van der Waals surface area contributed by atoms with Crippen LogP contribution in [0.5, 0.6) is 0 Å². The predicted molar refractivity (Wildman–Crippen MR) is 126 cm³/mol. The second-order valence-electron chi connectivity index (χ2n) is 7.02. The Morgan fingerprint density at radius 1 is 1.19 bits per heavy atom. The van der Waals surface area contributed by atoms with Crippen molar-refractivity contribution in [2.45, 2.75) is 38.7 Å². The van der Waals surface area contributed by atoms with Crippen molar-refractivity contribution >= 4 is 34.5 Å². The standard InChI is InChI=1S/C22H27N3O3S.CH4O/c1-3-25(4-2)18-8-7-16-9-15(5-6-17(16)11-18)10-20(13-23)29-24-21-12-19(26)14-28-22(21)27;1-2/h5-11,19,21-22,24,26-27H,3-4,12,14H2,1-2H3;2H,1H3/b20-10+;. The van der Waals surface area contributed by atoms with Gasteiger partial charge in [-0.1, -0.05) is 18.2 Å². The van der Waals surface area contributed by atoms with E-state index >= 15 is 0 Å². The number of nitrogens with zero attached hydrogens (tertiary/aromatic N) is 2. The molecule has 0 saturated carbocycles. The van der Waals surface area contributed by atoms with Crippen LogP contribution in [-0.2, 0) is 4.74 Å². The van der Waals surface area contributed by atoms with Gasteiger partial charge < -0.3 is 25.0 Å². The lowest BCUT2D eigenvalue weighted by molar-refractivity contribution is -0.168. The summed E-state index contributed by atoms with van der Waals surface area (Å²) in [6.45, 7) is 6.36. The van der Waals surface area contributed by atoms with Gasteiger partial charge in [0.05, 0.1) is 18.8 Å². The van der Waals surface area contributed by atoms with Gasteiger partial charge in [0.15, 0.2) is 6.29 Å². The molecular formula is C23H31N3O4S. The molecule has 2 aromatic rings. The fraction of sp³-hybridized carbons (Fsp3) is 0.435. The quantitative estimate of drug-likeness (QED) is 0.381. The van der Waals surface area contributed by atoms with E-state index in [0.717, 1.165) is 48.5 Å². The topological polar surface area (TPSA) is 109 Å². The van der Waals surface area contributed by atoms with Gasteiger partial charge in [-0.3, -0.25) is 4.72 Å². The summed E-state index contributed by atoms with van der Waals surface area (Å²) in [6, 6.07) is 14.3. The van der Waals surface area contributed by atoms with Gasteiger partial charge in [0, 0.05) is 25.9 Å². The van der Waals surface area contributed by atoms with Crippen molar-refractivity contribution in [3.05, 3.63) is 46.9 Å². The Hall–Kier alpha value is -2.12. The SMILES string of the molecule is CCN(CC)c1ccc2cc(/C=C(\C#N)SNC3CC(O)COC3O)ccc2c1.CO. The molecule has 0 spiro atoms. The Labute approximate surface area is 188 Å². The number of hydrogen-bond acceptors (Lipinski definition) is 8. The second kappa shape index (κ2) is 12.7. The van der Waals surface area contributed by atoms with Gasteiger partial charge in [0.1, 0.15) is 11.0 Å². The van der Waals surface area contributed by atoms with Crippen LogP contribution in [0.2, 0.25) is 0 Å². The molecule has 168 valence electrons. The van der Waals surface area contributed by atoms with Crippen LogP contribution in [0.4, 0.5) is 5.69 Å². The number of nitriles is 1. The van der Waals surface area contributed by atoms with Crippen LogP contribution in [-0.4, -0.2) is 60.6 Å². The molecule has 3 atom stereocenters. The number of nitrogens with one attached hydrogen (secondary N) is 1. The summed E-state index contributed by atoms with van der Waals surface area (Å²) in [5.74, 6) is 0. The van der Waals surface area contributed by atoms with E-state index in [9.17, 15) is 15.5 Å². The highest BCUT2D eigenvalue weighted by Crippen LogP contribution is 2.26. The molecule has 31 heavy (non-hydrogen) atoms. The molecule has 0 amide bonds. The average molecular weight is 446 g/mol. The molecule has 0 aromatic heterocycles. The van der Waals surface area contributed by atoms with E-state index in [1.807, 2.05) is 12.1 Å². The second-order valence-corrected chi connectivity index (χ2v) is 7.90. The first-order chi connectivity index (χ1) is 15.0. The van der Waals surface area contributed by atoms with E-state index in [2.05, 4.69) is 59.9 Å². The Balaban J connectivity index is 0.00000166. The van der Waals surface area contributed by atoms with Crippen LogP contribution >= 0.6 is 11.9 Å². The van der Waals surface area contributed by atoms with Gasteiger partial charge in [-0.05, 0) is 72.8 Å². The zero-order valence-electron chi connectivity index (χ0n) is 18.2. The maximum atomic E-state index is 9.86. The van der Waals surface area contributed by atoms with Crippen LogP contribution in [0, 0.1) is 11.3 Å². The number of fused-ring (bicyclic) bond motifs is 1. The molecule has 0 radical (unpaired) electrons. The molecule has 0 aliphatic carbocycles. The summed E-state index contributed by atoms with van der Waals surface area (Å²) in [6.07, 6.45) is 0.568. The lowest BCUT2D eigenvalue weighted by Gasteiger charge is -2.30. The molecule has 2 aromatic carbocycles. The largest absolute Gasteiger partial charge is 0.400 e. The highest BCUT2D eigenvalue weighted by atomic mass is 32.2. The Bertz CT molecular complexity index is 911. The molecule has 1 aliphatic heterocycles. The third-order valence-electron chi connectivity index (χ3n) is 5.03. The van der Waals surface area contributed by atoms with Crippen LogP contribution in [0.1, 0.15) is 25.8 Å². The maximum Gasteiger partial charge on any atom is 0.171 e. The van der Waals surface area contributed by atoms with Crippen LogP contribution < -0.4 is 9.62 Å². The zero-order chi connectivity index (χ0) is 22.8. The van der Waals surface area contributed by atoms with Crippen LogP contribution in [0.25, 0.3) is 16.8 Å². The van der Waals surface area contributed by atoms with E-state index in [0.29, 0.717) is 11.3 Å². The number of ether oxygens (including phenoxy) is 1. The smallest absolute Gasteiger partial charge is 0.171 e.